The summed E-state index contributed by atoms with van der Waals surface area (Å²) in [7, 11) is 2.11. The molecule has 1 aromatic carbocycles. The minimum Gasteiger partial charge on any atom is -0.378 e. The van der Waals surface area contributed by atoms with Gasteiger partial charge in [0, 0.05) is 23.1 Å². The molecule has 1 atom stereocenters. The number of anilines is 1. The van der Waals surface area contributed by atoms with E-state index in [9.17, 15) is 10.1 Å². The molecule has 0 amide bonds. The molecule has 0 aliphatic carbocycles. The molecular formula is C13H18BrN3O2. The van der Waals surface area contributed by atoms with E-state index in [1.54, 1.807) is 12.1 Å². The largest absolute Gasteiger partial charge is 0.378 e. The third kappa shape index (κ3) is 3.67. The van der Waals surface area contributed by atoms with Crippen LogP contribution in [-0.4, -0.2) is 36.0 Å². The minimum atomic E-state index is -0.348. The number of piperidine rings is 1. The highest BCUT2D eigenvalue weighted by Gasteiger charge is 2.20. The Morgan fingerprint density at radius 3 is 3.00 bits per heavy atom. The molecule has 1 aliphatic heterocycles. The number of nitro groups is 1. The summed E-state index contributed by atoms with van der Waals surface area (Å²) in [6, 6.07) is 5.43. The van der Waals surface area contributed by atoms with Crippen LogP contribution in [0.3, 0.4) is 0 Å². The Balaban J connectivity index is 2.05. The van der Waals surface area contributed by atoms with Crippen molar-refractivity contribution in [2.75, 3.05) is 25.5 Å². The van der Waals surface area contributed by atoms with E-state index < -0.39 is 0 Å². The zero-order chi connectivity index (χ0) is 13.8. The first-order valence-corrected chi connectivity index (χ1v) is 7.25. The molecule has 104 valence electrons. The van der Waals surface area contributed by atoms with Gasteiger partial charge in [0.15, 0.2) is 0 Å². The van der Waals surface area contributed by atoms with E-state index in [1.165, 1.54) is 18.9 Å². The number of likely N-dealkylation sites (N-methyl/N-ethyl adjacent to an activating group) is 1. The quantitative estimate of drug-likeness (QED) is 0.681. The smallest absolute Gasteiger partial charge is 0.292 e. The fraction of sp³-hybridized carbons (Fsp3) is 0.538. The minimum absolute atomic E-state index is 0.127. The lowest BCUT2D eigenvalue weighted by molar-refractivity contribution is -0.384. The van der Waals surface area contributed by atoms with Crippen LogP contribution in [0.5, 0.6) is 0 Å². The Hall–Kier alpha value is -1.14. The normalized spacial score (nSPS) is 20.2. The third-order valence-corrected chi connectivity index (χ3v) is 4.10. The molecule has 19 heavy (non-hydrogen) atoms. The monoisotopic (exact) mass is 327 g/mol. The van der Waals surface area contributed by atoms with Crippen LogP contribution in [0, 0.1) is 10.1 Å². The van der Waals surface area contributed by atoms with Gasteiger partial charge in [-0.1, -0.05) is 22.4 Å². The van der Waals surface area contributed by atoms with Gasteiger partial charge in [0.1, 0.15) is 5.69 Å². The predicted molar refractivity (Wildman–Crippen MR) is 79.6 cm³/mol. The maximum absolute atomic E-state index is 11.0. The highest BCUT2D eigenvalue weighted by molar-refractivity contribution is 9.10. The van der Waals surface area contributed by atoms with Crippen molar-refractivity contribution in [2.45, 2.75) is 25.3 Å². The van der Waals surface area contributed by atoms with Crippen molar-refractivity contribution < 1.29 is 4.92 Å². The number of nitrogens with one attached hydrogen (secondary N) is 1. The van der Waals surface area contributed by atoms with E-state index in [2.05, 4.69) is 33.2 Å². The maximum atomic E-state index is 11.0. The number of rotatable bonds is 4. The number of likely N-dealkylation sites (tertiary alicyclic amines) is 1. The molecule has 1 saturated heterocycles. The molecule has 0 bridgehead atoms. The van der Waals surface area contributed by atoms with Crippen molar-refractivity contribution in [1.82, 2.24) is 4.90 Å². The Morgan fingerprint density at radius 1 is 1.53 bits per heavy atom. The fourth-order valence-electron chi connectivity index (χ4n) is 2.44. The zero-order valence-electron chi connectivity index (χ0n) is 10.9. The summed E-state index contributed by atoms with van der Waals surface area (Å²) < 4.78 is 0.845. The van der Waals surface area contributed by atoms with Crippen LogP contribution in [0.1, 0.15) is 19.3 Å². The molecule has 0 spiro atoms. The van der Waals surface area contributed by atoms with Gasteiger partial charge in [-0.05, 0) is 38.6 Å². The molecule has 5 nitrogen and oxygen atoms in total. The van der Waals surface area contributed by atoms with Crippen molar-refractivity contribution in [2.24, 2.45) is 0 Å². The van der Waals surface area contributed by atoms with Crippen molar-refractivity contribution in [3.05, 3.63) is 32.8 Å². The zero-order valence-corrected chi connectivity index (χ0v) is 12.5. The summed E-state index contributed by atoms with van der Waals surface area (Å²) in [4.78, 5) is 13.0. The SMILES string of the molecule is CN1CCCCC1CNc1cc(Br)ccc1[N+](=O)[O-]. The summed E-state index contributed by atoms with van der Waals surface area (Å²) in [5.74, 6) is 0. The third-order valence-electron chi connectivity index (χ3n) is 3.60. The average molecular weight is 328 g/mol. The lowest BCUT2D eigenvalue weighted by atomic mass is 10.0. The molecule has 1 unspecified atom stereocenters. The molecule has 1 heterocycles. The predicted octanol–water partition coefficient (Wildman–Crippen LogP) is 3.25. The highest BCUT2D eigenvalue weighted by atomic mass is 79.9. The van der Waals surface area contributed by atoms with Crippen molar-refractivity contribution in [3.8, 4) is 0 Å². The van der Waals surface area contributed by atoms with E-state index in [0.717, 1.165) is 24.0 Å². The van der Waals surface area contributed by atoms with Crippen molar-refractivity contribution in [1.29, 1.82) is 0 Å². The average Bonchev–Trinajstić information content (AvgIpc) is 2.37. The van der Waals surface area contributed by atoms with Crippen LogP contribution in [-0.2, 0) is 0 Å². The van der Waals surface area contributed by atoms with Gasteiger partial charge in [0.25, 0.3) is 5.69 Å². The van der Waals surface area contributed by atoms with E-state index in [4.69, 9.17) is 0 Å². The molecule has 2 rings (SSSR count). The topological polar surface area (TPSA) is 58.4 Å². The summed E-state index contributed by atoms with van der Waals surface area (Å²) >= 11 is 3.35. The van der Waals surface area contributed by atoms with Gasteiger partial charge in [-0.15, -0.1) is 0 Å². The number of halogens is 1. The fourth-order valence-corrected chi connectivity index (χ4v) is 2.80. The van der Waals surface area contributed by atoms with Gasteiger partial charge in [0.05, 0.1) is 4.92 Å². The molecule has 0 aromatic heterocycles. The van der Waals surface area contributed by atoms with Crippen molar-refractivity contribution in [3.63, 3.8) is 0 Å². The second-order valence-electron chi connectivity index (χ2n) is 4.93. The summed E-state index contributed by atoms with van der Waals surface area (Å²) in [5, 5.41) is 14.2. The number of hydrogen-bond donors (Lipinski definition) is 1. The van der Waals surface area contributed by atoms with Crippen LogP contribution in [0.15, 0.2) is 22.7 Å². The summed E-state index contributed by atoms with van der Waals surface area (Å²) in [6.07, 6.45) is 3.62. The highest BCUT2D eigenvalue weighted by Crippen LogP contribution is 2.28. The molecule has 1 fully saturated rings. The van der Waals surface area contributed by atoms with E-state index in [-0.39, 0.29) is 10.6 Å². The summed E-state index contributed by atoms with van der Waals surface area (Å²) in [6.45, 7) is 1.85. The molecule has 0 saturated carbocycles. The lowest BCUT2D eigenvalue weighted by Gasteiger charge is -2.32. The molecule has 6 heteroatoms. The Bertz CT molecular complexity index is 467. The van der Waals surface area contributed by atoms with Gasteiger partial charge in [-0.25, -0.2) is 0 Å². The first-order valence-electron chi connectivity index (χ1n) is 6.46. The van der Waals surface area contributed by atoms with Gasteiger partial charge >= 0.3 is 0 Å². The first kappa shape index (κ1) is 14.3. The lowest BCUT2D eigenvalue weighted by Crippen LogP contribution is -2.40. The summed E-state index contributed by atoms with van der Waals surface area (Å²) in [5.41, 5.74) is 0.708. The molecular weight excluding hydrogens is 310 g/mol. The Morgan fingerprint density at radius 2 is 2.32 bits per heavy atom. The maximum Gasteiger partial charge on any atom is 0.292 e. The number of benzene rings is 1. The van der Waals surface area contributed by atoms with Gasteiger partial charge < -0.3 is 10.2 Å². The molecule has 1 aromatic rings. The second-order valence-corrected chi connectivity index (χ2v) is 5.85. The number of hydrogen-bond acceptors (Lipinski definition) is 4. The van der Waals surface area contributed by atoms with Crippen LogP contribution in [0.25, 0.3) is 0 Å². The van der Waals surface area contributed by atoms with Gasteiger partial charge in [-0.2, -0.15) is 0 Å². The Labute approximate surface area is 121 Å². The first-order chi connectivity index (χ1) is 9.08. The molecule has 0 radical (unpaired) electrons. The standard InChI is InChI=1S/C13H18BrN3O2/c1-16-7-3-2-4-11(16)9-15-12-8-10(14)5-6-13(12)17(18)19/h5-6,8,11,15H,2-4,7,9H2,1H3. The van der Waals surface area contributed by atoms with Crippen molar-refractivity contribution >= 4 is 27.3 Å². The second kappa shape index (κ2) is 6.34. The Kier molecular flexibility index (Phi) is 4.76. The van der Waals surface area contributed by atoms with E-state index >= 15 is 0 Å². The van der Waals surface area contributed by atoms with E-state index in [0.29, 0.717) is 11.7 Å². The number of nitrogens with zero attached hydrogens (tertiary/aromatic N) is 2. The van der Waals surface area contributed by atoms with Gasteiger partial charge in [0.2, 0.25) is 0 Å². The van der Waals surface area contributed by atoms with Crippen LogP contribution >= 0.6 is 15.9 Å². The van der Waals surface area contributed by atoms with Crippen LogP contribution < -0.4 is 5.32 Å². The molecule has 1 aliphatic rings. The number of nitro benzene ring substituents is 1. The van der Waals surface area contributed by atoms with Crippen LogP contribution in [0.4, 0.5) is 11.4 Å². The molecule has 1 N–H and O–H groups in total. The van der Waals surface area contributed by atoms with E-state index in [1.807, 2.05) is 0 Å². The van der Waals surface area contributed by atoms with Gasteiger partial charge in [-0.3, -0.25) is 10.1 Å². The van der Waals surface area contributed by atoms with Crippen LogP contribution in [0.2, 0.25) is 0 Å².